The molecule has 0 heterocycles. The summed E-state index contributed by atoms with van der Waals surface area (Å²) < 4.78 is 1.16. The standard InChI is InChI=1S/C13H21BrN2/c1-4-16(10(2)3)13-6-5-11(7-8-15)9-12(13)14/h5-6,9-10H,4,7-8,15H2,1-3H3. The van der Waals surface area contributed by atoms with Crippen LogP contribution in [0.4, 0.5) is 5.69 Å². The largest absolute Gasteiger partial charge is 0.368 e. The lowest BCUT2D eigenvalue weighted by molar-refractivity contribution is 0.702. The fraction of sp³-hybridized carbons (Fsp3) is 0.538. The van der Waals surface area contributed by atoms with Gasteiger partial charge in [0.1, 0.15) is 0 Å². The summed E-state index contributed by atoms with van der Waals surface area (Å²) in [6, 6.07) is 7.03. The van der Waals surface area contributed by atoms with Crippen molar-refractivity contribution in [1.29, 1.82) is 0 Å². The van der Waals surface area contributed by atoms with Crippen molar-refractivity contribution in [3.63, 3.8) is 0 Å². The van der Waals surface area contributed by atoms with Crippen LogP contribution in [0, 0.1) is 0 Å². The van der Waals surface area contributed by atoms with E-state index in [9.17, 15) is 0 Å². The molecule has 0 saturated heterocycles. The van der Waals surface area contributed by atoms with Crippen LogP contribution in [-0.4, -0.2) is 19.1 Å². The minimum Gasteiger partial charge on any atom is -0.368 e. The molecule has 1 aromatic carbocycles. The van der Waals surface area contributed by atoms with Gasteiger partial charge in [0.15, 0.2) is 0 Å². The first-order valence-corrected chi connectivity index (χ1v) is 6.64. The Balaban J connectivity index is 2.97. The van der Waals surface area contributed by atoms with Crippen molar-refractivity contribution in [1.82, 2.24) is 0 Å². The molecular formula is C13H21BrN2. The third-order valence-electron chi connectivity index (χ3n) is 2.72. The molecular weight excluding hydrogens is 264 g/mol. The number of hydrogen-bond acceptors (Lipinski definition) is 2. The molecule has 0 spiro atoms. The lowest BCUT2D eigenvalue weighted by Crippen LogP contribution is -2.30. The van der Waals surface area contributed by atoms with E-state index in [-0.39, 0.29) is 0 Å². The first kappa shape index (κ1) is 13.5. The molecule has 0 aliphatic rings. The summed E-state index contributed by atoms with van der Waals surface area (Å²) >= 11 is 3.64. The van der Waals surface area contributed by atoms with Gasteiger partial charge in [-0.15, -0.1) is 0 Å². The molecule has 3 heteroatoms. The molecule has 0 amide bonds. The molecule has 0 fully saturated rings. The van der Waals surface area contributed by atoms with Crippen LogP contribution in [0.15, 0.2) is 22.7 Å². The average molecular weight is 285 g/mol. The molecule has 2 nitrogen and oxygen atoms in total. The smallest absolute Gasteiger partial charge is 0.0513 e. The molecule has 0 aromatic heterocycles. The van der Waals surface area contributed by atoms with Crippen LogP contribution in [0.25, 0.3) is 0 Å². The van der Waals surface area contributed by atoms with Crippen LogP contribution in [0.5, 0.6) is 0 Å². The van der Waals surface area contributed by atoms with Crippen LogP contribution in [0.1, 0.15) is 26.3 Å². The molecule has 16 heavy (non-hydrogen) atoms. The maximum atomic E-state index is 5.56. The van der Waals surface area contributed by atoms with Gasteiger partial charge >= 0.3 is 0 Å². The first-order valence-electron chi connectivity index (χ1n) is 5.85. The second-order valence-electron chi connectivity index (χ2n) is 4.20. The van der Waals surface area contributed by atoms with E-state index in [4.69, 9.17) is 5.73 Å². The maximum Gasteiger partial charge on any atom is 0.0513 e. The second-order valence-corrected chi connectivity index (χ2v) is 5.06. The Morgan fingerprint density at radius 3 is 2.50 bits per heavy atom. The summed E-state index contributed by atoms with van der Waals surface area (Å²) in [4.78, 5) is 2.37. The lowest BCUT2D eigenvalue weighted by Gasteiger charge is -2.28. The second kappa shape index (κ2) is 6.26. The van der Waals surface area contributed by atoms with Gasteiger partial charge in [-0.2, -0.15) is 0 Å². The van der Waals surface area contributed by atoms with Crippen LogP contribution in [-0.2, 0) is 6.42 Å². The van der Waals surface area contributed by atoms with Gasteiger partial charge in [-0.25, -0.2) is 0 Å². The van der Waals surface area contributed by atoms with Gasteiger partial charge in [0.25, 0.3) is 0 Å². The molecule has 0 aliphatic carbocycles. The van der Waals surface area contributed by atoms with E-state index in [0.29, 0.717) is 12.6 Å². The Hall–Kier alpha value is -0.540. The summed E-state index contributed by atoms with van der Waals surface area (Å²) in [5.74, 6) is 0. The molecule has 0 atom stereocenters. The van der Waals surface area contributed by atoms with Gasteiger partial charge in [0, 0.05) is 17.1 Å². The van der Waals surface area contributed by atoms with E-state index in [0.717, 1.165) is 17.4 Å². The summed E-state index contributed by atoms with van der Waals surface area (Å²) in [5, 5.41) is 0. The molecule has 0 bridgehead atoms. The third-order valence-corrected chi connectivity index (χ3v) is 3.35. The van der Waals surface area contributed by atoms with Gasteiger partial charge in [-0.1, -0.05) is 6.07 Å². The predicted octanol–water partition coefficient (Wildman–Crippen LogP) is 3.19. The molecule has 1 rings (SSSR count). The van der Waals surface area contributed by atoms with Crippen LogP contribution in [0.3, 0.4) is 0 Å². The van der Waals surface area contributed by atoms with Crippen molar-refractivity contribution in [2.45, 2.75) is 33.2 Å². The molecule has 0 unspecified atom stereocenters. The zero-order valence-electron chi connectivity index (χ0n) is 10.3. The van der Waals surface area contributed by atoms with Gasteiger partial charge in [0.05, 0.1) is 5.69 Å². The highest BCUT2D eigenvalue weighted by atomic mass is 79.9. The van der Waals surface area contributed by atoms with Crippen molar-refractivity contribution >= 4 is 21.6 Å². The summed E-state index contributed by atoms with van der Waals surface area (Å²) in [5.41, 5.74) is 8.11. The van der Waals surface area contributed by atoms with Gasteiger partial charge in [-0.05, 0) is 67.4 Å². The average Bonchev–Trinajstić information content (AvgIpc) is 2.22. The fourth-order valence-electron chi connectivity index (χ4n) is 1.92. The predicted molar refractivity (Wildman–Crippen MR) is 75.1 cm³/mol. The summed E-state index contributed by atoms with van der Waals surface area (Å²) in [7, 11) is 0. The van der Waals surface area contributed by atoms with E-state index in [1.165, 1.54) is 11.3 Å². The van der Waals surface area contributed by atoms with Crippen molar-refractivity contribution in [2.75, 3.05) is 18.0 Å². The van der Waals surface area contributed by atoms with Gasteiger partial charge in [0.2, 0.25) is 0 Å². The van der Waals surface area contributed by atoms with Gasteiger partial charge < -0.3 is 10.6 Å². The quantitative estimate of drug-likeness (QED) is 0.900. The number of nitrogens with zero attached hydrogens (tertiary/aromatic N) is 1. The number of halogens is 1. The molecule has 0 aliphatic heterocycles. The zero-order chi connectivity index (χ0) is 12.1. The number of anilines is 1. The van der Waals surface area contributed by atoms with E-state index >= 15 is 0 Å². The number of hydrogen-bond donors (Lipinski definition) is 1. The van der Waals surface area contributed by atoms with Crippen LogP contribution < -0.4 is 10.6 Å². The SMILES string of the molecule is CCN(c1ccc(CCN)cc1Br)C(C)C. The normalized spacial score (nSPS) is 10.9. The summed E-state index contributed by atoms with van der Waals surface area (Å²) in [6.45, 7) is 8.33. The molecule has 0 radical (unpaired) electrons. The summed E-state index contributed by atoms with van der Waals surface area (Å²) in [6.07, 6.45) is 0.937. The van der Waals surface area contributed by atoms with E-state index in [1.807, 2.05) is 0 Å². The van der Waals surface area contributed by atoms with E-state index in [1.54, 1.807) is 0 Å². The van der Waals surface area contributed by atoms with E-state index in [2.05, 4.69) is 59.8 Å². The molecule has 2 N–H and O–H groups in total. The highest BCUT2D eigenvalue weighted by molar-refractivity contribution is 9.10. The Morgan fingerprint density at radius 2 is 2.06 bits per heavy atom. The number of nitrogens with two attached hydrogens (primary N) is 1. The van der Waals surface area contributed by atoms with E-state index < -0.39 is 0 Å². The highest BCUT2D eigenvalue weighted by Gasteiger charge is 2.11. The van der Waals surface area contributed by atoms with Gasteiger partial charge in [-0.3, -0.25) is 0 Å². The molecule has 90 valence electrons. The molecule has 1 aromatic rings. The van der Waals surface area contributed by atoms with Crippen molar-refractivity contribution in [3.05, 3.63) is 28.2 Å². The minimum absolute atomic E-state index is 0.515. The van der Waals surface area contributed by atoms with Crippen LogP contribution >= 0.6 is 15.9 Å². The third kappa shape index (κ3) is 3.22. The Labute approximate surface area is 107 Å². The van der Waals surface area contributed by atoms with Crippen LogP contribution in [0.2, 0.25) is 0 Å². The number of benzene rings is 1. The topological polar surface area (TPSA) is 29.3 Å². The minimum atomic E-state index is 0.515. The molecule has 0 saturated carbocycles. The highest BCUT2D eigenvalue weighted by Crippen LogP contribution is 2.28. The zero-order valence-corrected chi connectivity index (χ0v) is 11.9. The monoisotopic (exact) mass is 284 g/mol. The number of rotatable bonds is 5. The van der Waals surface area contributed by atoms with Crippen molar-refractivity contribution in [3.8, 4) is 0 Å². The first-order chi connectivity index (χ1) is 7.60. The lowest BCUT2D eigenvalue weighted by atomic mass is 10.1. The van der Waals surface area contributed by atoms with Crippen molar-refractivity contribution in [2.24, 2.45) is 5.73 Å². The van der Waals surface area contributed by atoms with Crippen molar-refractivity contribution < 1.29 is 0 Å². The Kier molecular flexibility index (Phi) is 5.29. The Morgan fingerprint density at radius 1 is 1.38 bits per heavy atom. The Bertz CT molecular complexity index is 337. The maximum absolute atomic E-state index is 5.56. The fourth-order valence-corrected chi connectivity index (χ4v) is 2.57.